The van der Waals surface area contributed by atoms with Gasteiger partial charge in [0.15, 0.2) is 0 Å². The van der Waals surface area contributed by atoms with Crippen molar-refractivity contribution in [3.05, 3.63) is 42.0 Å². The van der Waals surface area contributed by atoms with Crippen LogP contribution in [0.5, 0.6) is 5.75 Å². The zero-order valence-electron chi connectivity index (χ0n) is 9.40. The molecular formula is C13H15NO2. The van der Waals surface area contributed by atoms with E-state index in [4.69, 9.17) is 14.7 Å². The van der Waals surface area contributed by atoms with E-state index in [2.05, 4.69) is 12.6 Å². The molecule has 0 radical (unpaired) electrons. The number of hydrogen-bond donors (Lipinski definition) is 0. The van der Waals surface area contributed by atoms with E-state index in [0.717, 1.165) is 12.0 Å². The minimum absolute atomic E-state index is 0.506. The van der Waals surface area contributed by atoms with Gasteiger partial charge in [0.05, 0.1) is 25.9 Å². The van der Waals surface area contributed by atoms with Crippen molar-refractivity contribution in [2.45, 2.75) is 13.0 Å². The maximum atomic E-state index is 8.90. The van der Waals surface area contributed by atoms with Gasteiger partial charge in [-0.05, 0) is 24.1 Å². The first kappa shape index (κ1) is 12.3. The van der Waals surface area contributed by atoms with Crippen molar-refractivity contribution in [3.8, 4) is 11.8 Å². The highest BCUT2D eigenvalue weighted by Crippen LogP contribution is 2.19. The van der Waals surface area contributed by atoms with Gasteiger partial charge in [-0.1, -0.05) is 12.1 Å². The Bertz CT molecular complexity index is 393. The average molecular weight is 217 g/mol. The van der Waals surface area contributed by atoms with Gasteiger partial charge < -0.3 is 9.47 Å². The number of rotatable bonds is 6. The van der Waals surface area contributed by atoms with Crippen LogP contribution in [0.15, 0.2) is 30.9 Å². The lowest BCUT2D eigenvalue weighted by Crippen LogP contribution is -1.96. The molecular weight excluding hydrogens is 202 g/mol. The fraction of sp³-hybridized carbons (Fsp3) is 0.308. The van der Waals surface area contributed by atoms with E-state index in [0.29, 0.717) is 24.5 Å². The molecule has 3 heteroatoms. The minimum Gasteiger partial charge on any atom is -0.495 e. The molecule has 0 bridgehead atoms. The molecule has 0 saturated carbocycles. The van der Waals surface area contributed by atoms with Crippen LogP contribution in [-0.4, -0.2) is 13.7 Å². The van der Waals surface area contributed by atoms with Gasteiger partial charge >= 0.3 is 0 Å². The van der Waals surface area contributed by atoms with Gasteiger partial charge in [-0.25, -0.2) is 0 Å². The highest BCUT2D eigenvalue weighted by molar-refractivity contribution is 5.45. The normalized spacial score (nSPS) is 9.50. The summed E-state index contributed by atoms with van der Waals surface area (Å²) in [5, 5.41) is 8.90. The maximum absolute atomic E-state index is 8.90. The van der Waals surface area contributed by atoms with Crippen LogP contribution in [-0.2, 0) is 11.3 Å². The second-order valence-corrected chi connectivity index (χ2v) is 3.28. The van der Waals surface area contributed by atoms with Gasteiger partial charge in [-0.2, -0.15) is 5.26 Å². The Hall–Kier alpha value is -1.79. The molecule has 3 nitrogen and oxygen atoms in total. The third-order valence-corrected chi connectivity index (χ3v) is 2.12. The van der Waals surface area contributed by atoms with Crippen molar-refractivity contribution in [1.29, 1.82) is 5.26 Å². The lowest BCUT2D eigenvalue weighted by molar-refractivity contribution is 0.125. The van der Waals surface area contributed by atoms with E-state index >= 15 is 0 Å². The van der Waals surface area contributed by atoms with Crippen molar-refractivity contribution in [2.24, 2.45) is 0 Å². The summed E-state index contributed by atoms with van der Waals surface area (Å²) in [6.07, 6.45) is 2.65. The van der Waals surface area contributed by atoms with Crippen LogP contribution >= 0.6 is 0 Å². The van der Waals surface area contributed by atoms with Crippen molar-refractivity contribution < 1.29 is 9.47 Å². The van der Waals surface area contributed by atoms with Crippen LogP contribution in [0.2, 0.25) is 0 Å². The SMILES string of the molecule is C=CCCOCc1ccc(OC)c(C#N)c1. The number of hydrogen-bond acceptors (Lipinski definition) is 3. The van der Waals surface area contributed by atoms with E-state index in [1.54, 1.807) is 19.2 Å². The molecule has 0 fully saturated rings. The standard InChI is InChI=1S/C13H15NO2/c1-3-4-7-16-10-11-5-6-13(15-2)12(8-11)9-14/h3,5-6,8H,1,4,7,10H2,2H3. The van der Waals surface area contributed by atoms with Crippen molar-refractivity contribution >= 4 is 0 Å². The van der Waals surface area contributed by atoms with Crippen LogP contribution in [0.25, 0.3) is 0 Å². The highest BCUT2D eigenvalue weighted by atomic mass is 16.5. The molecule has 1 aromatic carbocycles. The monoisotopic (exact) mass is 217 g/mol. The molecule has 0 aromatic heterocycles. The van der Waals surface area contributed by atoms with E-state index in [-0.39, 0.29) is 0 Å². The minimum atomic E-state index is 0.506. The second kappa shape index (κ2) is 6.65. The molecule has 0 spiro atoms. The lowest BCUT2D eigenvalue weighted by Gasteiger charge is -2.06. The Labute approximate surface area is 95.9 Å². The van der Waals surface area contributed by atoms with Crippen LogP contribution in [0, 0.1) is 11.3 Å². The van der Waals surface area contributed by atoms with E-state index in [1.807, 2.05) is 12.1 Å². The highest BCUT2D eigenvalue weighted by Gasteiger charge is 2.03. The van der Waals surface area contributed by atoms with Gasteiger partial charge in [0.2, 0.25) is 0 Å². The average Bonchev–Trinajstić information content (AvgIpc) is 2.34. The molecule has 0 aliphatic rings. The topological polar surface area (TPSA) is 42.2 Å². The van der Waals surface area contributed by atoms with Crippen LogP contribution in [0.3, 0.4) is 0 Å². The van der Waals surface area contributed by atoms with Gasteiger partial charge in [0.1, 0.15) is 11.8 Å². The molecule has 0 aliphatic heterocycles. The first-order chi connectivity index (χ1) is 7.81. The van der Waals surface area contributed by atoms with Gasteiger partial charge in [0.25, 0.3) is 0 Å². The lowest BCUT2D eigenvalue weighted by atomic mass is 10.1. The summed E-state index contributed by atoms with van der Waals surface area (Å²) in [5.41, 5.74) is 1.51. The number of nitrogens with zero attached hydrogens (tertiary/aromatic N) is 1. The zero-order chi connectivity index (χ0) is 11.8. The van der Waals surface area contributed by atoms with Gasteiger partial charge in [-0.15, -0.1) is 6.58 Å². The molecule has 1 rings (SSSR count). The van der Waals surface area contributed by atoms with E-state index < -0.39 is 0 Å². The Balaban J connectivity index is 2.61. The van der Waals surface area contributed by atoms with Crippen molar-refractivity contribution in [3.63, 3.8) is 0 Å². The Morgan fingerprint density at radius 2 is 2.31 bits per heavy atom. The Morgan fingerprint density at radius 3 is 2.94 bits per heavy atom. The maximum Gasteiger partial charge on any atom is 0.136 e. The summed E-state index contributed by atoms with van der Waals surface area (Å²) < 4.78 is 10.5. The number of ether oxygens (including phenoxy) is 2. The fourth-order valence-electron chi connectivity index (χ4n) is 1.29. The smallest absolute Gasteiger partial charge is 0.136 e. The molecule has 0 heterocycles. The largest absolute Gasteiger partial charge is 0.495 e. The fourth-order valence-corrected chi connectivity index (χ4v) is 1.29. The summed E-state index contributed by atoms with van der Waals surface area (Å²) in [7, 11) is 1.55. The summed E-state index contributed by atoms with van der Waals surface area (Å²) in [6.45, 7) is 4.77. The molecule has 16 heavy (non-hydrogen) atoms. The number of nitriles is 1. The quantitative estimate of drug-likeness (QED) is 0.543. The molecule has 0 unspecified atom stereocenters. The number of benzene rings is 1. The zero-order valence-corrected chi connectivity index (χ0v) is 9.40. The van der Waals surface area contributed by atoms with Crippen LogP contribution in [0.1, 0.15) is 17.5 Å². The predicted molar refractivity (Wildman–Crippen MR) is 62.2 cm³/mol. The number of methoxy groups -OCH3 is 1. The predicted octanol–water partition coefficient (Wildman–Crippen LogP) is 2.66. The van der Waals surface area contributed by atoms with E-state index in [9.17, 15) is 0 Å². The van der Waals surface area contributed by atoms with Gasteiger partial charge in [0, 0.05) is 0 Å². The van der Waals surface area contributed by atoms with E-state index in [1.165, 1.54) is 0 Å². The summed E-state index contributed by atoms with van der Waals surface area (Å²) >= 11 is 0. The molecule has 0 N–H and O–H groups in total. The summed E-state index contributed by atoms with van der Waals surface area (Å²) in [5.74, 6) is 0.595. The molecule has 0 amide bonds. The van der Waals surface area contributed by atoms with Crippen molar-refractivity contribution in [1.82, 2.24) is 0 Å². The third-order valence-electron chi connectivity index (χ3n) is 2.12. The Kier molecular flexibility index (Phi) is 5.10. The van der Waals surface area contributed by atoms with Gasteiger partial charge in [-0.3, -0.25) is 0 Å². The first-order valence-electron chi connectivity index (χ1n) is 5.07. The molecule has 0 atom stereocenters. The third kappa shape index (κ3) is 3.41. The molecule has 0 saturated heterocycles. The Morgan fingerprint density at radius 1 is 1.50 bits per heavy atom. The molecule has 0 aliphatic carbocycles. The second-order valence-electron chi connectivity index (χ2n) is 3.28. The van der Waals surface area contributed by atoms with Crippen LogP contribution < -0.4 is 4.74 Å². The summed E-state index contributed by atoms with van der Waals surface area (Å²) in [4.78, 5) is 0. The van der Waals surface area contributed by atoms with Crippen molar-refractivity contribution in [2.75, 3.05) is 13.7 Å². The molecule has 1 aromatic rings. The molecule has 84 valence electrons. The summed E-state index contributed by atoms with van der Waals surface area (Å²) in [6, 6.07) is 7.56. The first-order valence-corrected chi connectivity index (χ1v) is 5.07. The van der Waals surface area contributed by atoms with Crippen LogP contribution in [0.4, 0.5) is 0 Å².